The van der Waals surface area contributed by atoms with E-state index in [9.17, 15) is 4.79 Å². The van der Waals surface area contributed by atoms with Crippen molar-refractivity contribution in [1.82, 2.24) is 25.3 Å². The highest BCUT2D eigenvalue weighted by Crippen LogP contribution is 2.26. The van der Waals surface area contributed by atoms with Crippen molar-refractivity contribution in [1.29, 1.82) is 0 Å². The van der Waals surface area contributed by atoms with Gasteiger partial charge < -0.3 is 11.1 Å². The summed E-state index contributed by atoms with van der Waals surface area (Å²) in [5.41, 5.74) is 8.67. The number of carbonyl (C=O) groups is 1. The number of hydrogen-bond acceptors (Lipinski definition) is 6. The molecule has 0 radical (unpaired) electrons. The van der Waals surface area contributed by atoms with Gasteiger partial charge in [0.1, 0.15) is 16.9 Å². The van der Waals surface area contributed by atoms with Gasteiger partial charge in [-0.25, -0.2) is 4.79 Å². The Morgan fingerprint density at radius 2 is 1.96 bits per heavy atom. The van der Waals surface area contributed by atoms with Crippen LogP contribution in [0.15, 0.2) is 30.3 Å². The fourth-order valence-electron chi connectivity index (χ4n) is 3.01. The van der Waals surface area contributed by atoms with Crippen LogP contribution in [0.2, 0.25) is 0 Å². The van der Waals surface area contributed by atoms with Crippen molar-refractivity contribution in [3.8, 4) is 0 Å². The molecule has 0 unspecified atom stereocenters. The number of rotatable bonds is 6. The van der Waals surface area contributed by atoms with Crippen LogP contribution in [0.4, 0.5) is 15.7 Å². The summed E-state index contributed by atoms with van der Waals surface area (Å²) in [6, 6.07) is 8.83. The summed E-state index contributed by atoms with van der Waals surface area (Å²) in [7, 11) is 1.83. The Hall–Kier alpha value is -2.94. The van der Waals surface area contributed by atoms with Crippen LogP contribution in [0.25, 0.3) is 0 Å². The van der Waals surface area contributed by atoms with Crippen LogP contribution in [0.1, 0.15) is 41.7 Å². The molecule has 1 atom stereocenters. The molecule has 3 aromatic rings. The van der Waals surface area contributed by atoms with E-state index in [0.29, 0.717) is 16.0 Å². The first-order valence-corrected chi connectivity index (χ1v) is 9.61. The molecule has 142 valence electrons. The van der Waals surface area contributed by atoms with Crippen LogP contribution in [-0.2, 0) is 19.9 Å². The van der Waals surface area contributed by atoms with E-state index in [0.717, 1.165) is 29.7 Å². The molecule has 1 aromatic carbocycles. The maximum Gasteiger partial charge on any atom is 0.321 e. The second-order valence-corrected chi connectivity index (χ2v) is 7.07. The maximum atomic E-state index is 12.8. The maximum absolute atomic E-state index is 12.8. The number of hydrogen-bond donors (Lipinski definition) is 3. The quantitative estimate of drug-likeness (QED) is 0.604. The Kier molecular flexibility index (Phi) is 5.70. The minimum atomic E-state index is -0.440. The molecule has 0 aliphatic heterocycles. The van der Waals surface area contributed by atoms with E-state index in [1.807, 2.05) is 37.4 Å². The topological polar surface area (TPSA) is 111 Å². The lowest BCUT2D eigenvalue weighted by molar-refractivity contribution is 0.250. The molecule has 2 aromatic heterocycles. The number of aromatic nitrogens is 4. The first-order chi connectivity index (χ1) is 13.0. The molecule has 3 rings (SSSR count). The smallest absolute Gasteiger partial charge is 0.321 e. The van der Waals surface area contributed by atoms with Crippen LogP contribution >= 0.6 is 11.3 Å². The molecule has 0 aliphatic carbocycles. The van der Waals surface area contributed by atoms with E-state index in [4.69, 9.17) is 5.73 Å². The number of nitrogens with zero attached hydrogens (tertiary/aromatic N) is 4. The van der Waals surface area contributed by atoms with Crippen molar-refractivity contribution in [2.75, 3.05) is 11.1 Å². The SMILES string of the molecule is CCc1nn(C)c(NC(=O)N[C@H](c2ccccc2)c2nnc(N)s2)c1CC. The number of nitrogens with two attached hydrogens (primary N) is 1. The number of benzene rings is 1. The van der Waals surface area contributed by atoms with Crippen LogP contribution in [0.5, 0.6) is 0 Å². The van der Waals surface area contributed by atoms with Crippen molar-refractivity contribution in [2.45, 2.75) is 32.7 Å². The number of amides is 2. The number of nitrogen functional groups attached to an aromatic ring is 1. The van der Waals surface area contributed by atoms with Gasteiger partial charge in [0.15, 0.2) is 0 Å². The van der Waals surface area contributed by atoms with Gasteiger partial charge in [0.25, 0.3) is 0 Å². The summed E-state index contributed by atoms with van der Waals surface area (Å²) in [6.45, 7) is 4.10. The van der Waals surface area contributed by atoms with Crippen molar-refractivity contribution in [2.24, 2.45) is 7.05 Å². The molecule has 0 bridgehead atoms. The number of nitrogens with one attached hydrogen (secondary N) is 2. The summed E-state index contributed by atoms with van der Waals surface area (Å²) < 4.78 is 1.71. The van der Waals surface area contributed by atoms with Gasteiger partial charge in [-0.05, 0) is 18.4 Å². The number of urea groups is 1. The average Bonchev–Trinajstić information content (AvgIpc) is 3.23. The van der Waals surface area contributed by atoms with Gasteiger partial charge in [-0.15, -0.1) is 10.2 Å². The Labute approximate surface area is 161 Å². The fourth-order valence-corrected chi connectivity index (χ4v) is 3.70. The zero-order valence-electron chi connectivity index (χ0n) is 15.6. The molecular weight excluding hydrogens is 362 g/mol. The molecule has 2 heterocycles. The zero-order valence-corrected chi connectivity index (χ0v) is 16.4. The molecule has 0 saturated carbocycles. The summed E-state index contributed by atoms with van der Waals surface area (Å²) >= 11 is 1.25. The summed E-state index contributed by atoms with van der Waals surface area (Å²) in [5.74, 6) is 0.704. The first kappa shape index (κ1) is 18.8. The summed E-state index contributed by atoms with van der Waals surface area (Å²) in [4.78, 5) is 12.8. The third kappa shape index (κ3) is 4.08. The summed E-state index contributed by atoms with van der Waals surface area (Å²) in [5, 5.41) is 19.4. The third-order valence-electron chi connectivity index (χ3n) is 4.26. The van der Waals surface area contributed by atoms with E-state index < -0.39 is 6.04 Å². The Bertz CT molecular complexity index is 919. The highest BCUT2D eigenvalue weighted by atomic mass is 32.1. The largest absolute Gasteiger partial charge is 0.374 e. The molecule has 2 amide bonds. The number of carbonyl (C=O) groups excluding carboxylic acids is 1. The molecule has 27 heavy (non-hydrogen) atoms. The van der Waals surface area contributed by atoms with Gasteiger partial charge >= 0.3 is 6.03 Å². The zero-order chi connectivity index (χ0) is 19.4. The van der Waals surface area contributed by atoms with Crippen LogP contribution < -0.4 is 16.4 Å². The van der Waals surface area contributed by atoms with E-state index in [1.54, 1.807) is 4.68 Å². The average molecular weight is 385 g/mol. The predicted octanol–water partition coefficient (Wildman–Crippen LogP) is 2.89. The fraction of sp³-hybridized carbons (Fsp3) is 0.333. The molecule has 0 saturated heterocycles. The second-order valence-electron chi connectivity index (χ2n) is 6.03. The number of aryl methyl sites for hydroxylation is 2. The molecule has 0 spiro atoms. The van der Waals surface area contributed by atoms with Crippen LogP contribution in [0.3, 0.4) is 0 Å². The van der Waals surface area contributed by atoms with Crippen molar-refractivity contribution in [3.05, 3.63) is 52.2 Å². The van der Waals surface area contributed by atoms with Gasteiger partial charge in [-0.3, -0.25) is 10.00 Å². The standard InChI is InChI=1S/C18H23N7OS/c1-4-12-13(5-2)24-25(3)15(12)21-18(26)20-14(11-9-7-6-8-10-11)16-22-23-17(19)27-16/h6-10,14H,4-5H2,1-3H3,(H2,19,23)(H2,20,21,26)/t14-/m1/s1. The van der Waals surface area contributed by atoms with Gasteiger partial charge in [0.05, 0.1) is 5.69 Å². The van der Waals surface area contributed by atoms with Gasteiger partial charge in [0, 0.05) is 12.6 Å². The van der Waals surface area contributed by atoms with Gasteiger partial charge in [0.2, 0.25) is 5.13 Å². The van der Waals surface area contributed by atoms with Gasteiger partial charge in [-0.1, -0.05) is 55.5 Å². The van der Waals surface area contributed by atoms with E-state index in [1.165, 1.54) is 11.3 Å². The first-order valence-electron chi connectivity index (χ1n) is 8.79. The highest BCUT2D eigenvalue weighted by molar-refractivity contribution is 7.15. The highest BCUT2D eigenvalue weighted by Gasteiger charge is 2.22. The molecule has 0 fully saturated rings. The van der Waals surface area contributed by atoms with Crippen molar-refractivity contribution < 1.29 is 4.79 Å². The van der Waals surface area contributed by atoms with Crippen LogP contribution in [-0.4, -0.2) is 26.0 Å². The van der Waals surface area contributed by atoms with E-state index in [2.05, 4.69) is 39.8 Å². The molecule has 0 aliphatic rings. The Morgan fingerprint density at radius 1 is 1.22 bits per heavy atom. The molecule has 8 nitrogen and oxygen atoms in total. The Balaban J connectivity index is 1.85. The lowest BCUT2D eigenvalue weighted by atomic mass is 10.1. The van der Waals surface area contributed by atoms with Crippen molar-refractivity contribution in [3.63, 3.8) is 0 Å². The number of anilines is 2. The minimum Gasteiger partial charge on any atom is -0.374 e. The monoisotopic (exact) mass is 385 g/mol. The summed E-state index contributed by atoms with van der Waals surface area (Å²) in [6.07, 6.45) is 1.61. The van der Waals surface area contributed by atoms with Crippen molar-refractivity contribution >= 4 is 28.3 Å². The van der Waals surface area contributed by atoms with E-state index >= 15 is 0 Å². The predicted molar refractivity (Wildman–Crippen MR) is 107 cm³/mol. The third-order valence-corrected chi connectivity index (χ3v) is 5.08. The molecule has 9 heteroatoms. The Morgan fingerprint density at radius 3 is 2.56 bits per heavy atom. The molecular formula is C18H23N7OS. The van der Waals surface area contributed by atoms with Gasteiger partial charge in [-0.2, -0.15) is 5.10 Å². The van der Waals surface area contributed by atoms with E-state index in [-0.39, 0.29) is 6.03 Å². The second kappa shape index (κ2) is 8.17. The van der Waals surface area contributed by atoms with Crippen LogP contribution in [0, 0.1) is 0 Å². The lowest BCUT2D eigenvalue weighted by Gasteiger charge is -2.17. The lowest BCUT2D eigenvalue weighted by Crippen LogP contribution is -2.34. The normalized spacial score (nSPS) is 12.0. The minimum absolute atomic E-state index is 0.335. The molecule has 4 N–H and O–H groups in total.